The number of amides is 4. The molecule has 26 heavy (non-hydrogen) atoms. The number of rotatable bonds is 5. The number of benzene rings is 1. The van der Waals surface area contributed by atoms with E-state index in [1.54, 1.807) is 32.2 Å². The number of carbonyl (C=O) groups excluding carboxylic acids is 3. The van der Waals surface area contributed by atoms with E-state index in [-0.39, 0.29) is 5.95 Å². The second-order valence-corrected chi connectivity index (χ2v) is 6.01. The third-order valence-electron chi connectivity index (χ3n) is 4.22. The fraction of sp³-hybridized carbons (Fsp3) is 0.312. The first kappa shape index (κ1) is 17.4. The average molecular weight is 358 g/mol. The van der Waals surface area contributed by atoms with Crippen LogP contribution in [0.4, 0.5) is 10.7 Å². The number of urea groups is 1. The summed E-state index contributed by atoms with van der Waals surface area (Å²) in [5.41, 5.74) is 0.169. The first-order valence-corrected chi connectivity index (χ1v) is 7.79. The largest absolute Gasteiger partial charge is 0.496 e. The van der Waals surface area contributed by atoms with E-state index in [0.29, 0.717) is 11.3 Å². The molecule has 10 nitrogen and oxygen atoms in total. The molecule has 1 aromatic carbocycles. The number of methoxy groups -OCH3 is 1. The van der Waals surface area contributed by atoms with Crippen LogP contribution in [0, 0.1) is 6.92 Å². The van der Waals surface area contributed by atoms with Gasteiger partial charge in [-0.05, 0) is 37.1 Å². The molecule has 1 aliphatic heterocycles. The summed E-state index contributed by atoms with van der Waals surface area (Å²) in [7, 11) is 1.56. The van der Waals surface area contributed by atoms with Crippen LogP contribution in [-0.2, 0) is 15.1 Å². The van der Waals surface area contributed by atoms with E-state index in [1.807, 2.05) is 6.92 Å². The maximum atomic E-state index is 12.8. The van der Waals surface area contributed by atoms with Crippen molar-refractivity contribution in [2.45, 2.75) is 19.4 Å². The number of hydrogen-bond acceptors (Lipinski definition) is 6. The predicted molar refractivity (Wildman–Crippen MR) is 90.3 cm³/mol. The van der Waals surface area contributed by atoms with Gasteiger partial charge in [0.15, 0.2) is 0 Å². The molecule has 1 aliphatic rings. The molecule has 4 amide bonds. The summed E-state index contributed by atoms with van der Waals surface area (Å²) in [6, 6.07) is 4.57. The average Bonchev–Trinajstić information content (AvgIpc) is 3.18. The molecule has 2 heterocycles. The van der Waals surface area contributed by atoms with E-state index in [0.717, 1.165) is 10.5 Å². The zero-order valence-corrected chi connectivity index (χ0v) is 14.5. The lowest BCUT2D eigenvalue weighted by Crippen LogP contribution is -2.42. The topological polar surface area (TPSA) is 129 Å². The normalized spacial score (nSPS) is 19.4. The van der Waals surface area contributed by atoms with Crippen molar-refractivity contribution in [1.82, 2.24) is 25.4 Å². The third kappa shape index (κ3) is 2.96. The van der Waals surface area contributed by atoms with Crippen LogP contribution in [-0.4, -0.2) is 51.6 Å². The molecule has 0 spiro atoms. The number of anilines is 1. The highest BCUT2D eigenvalue weighted by Gasteiger charge is 2.49. The van der Waals surface area contributed by atoms with Crippen LogP contribution in [0.2, 0.25) is 0 Å². The van der Waals surface area contributed by atoms with Gasteiger partial charge >= 0.3 is 6.03 Å². The van der Waals surface area contributed by atoms with Gasteiger partial charge in [0.05, 0.1) is 7.11 Å². The van der Waals surface area contributed by atoms with Crippen molar-refractivity contribution in [3.63, 3.8) is 0 Å². The molecule has 1 unspecified atom stereocenters. The molecule has 0 bridgehead atoms. The second kappa shape index (κ2) is 6.47. The zero-order chi connectivity index (χ0) is 18.9. The fourth-order valence-electron chi connectivity index (χ4n) is 2.81. The van der Waals surface area contributed by atoms with E-state index in [1.165, 1.54) is 6.33 Å². The van der Waals surface area contributed by atoms with Gasteiger partial charge in [-0.25, -0.2) is 9.89 Å². The number of nitrogens with one attached hydrogen (secondary N) is 3. The Morgan fingerprint density at radius 2 is 2.15 bits per heavy atom. The summed E-state index contributed by atoms with van der Waals surface area (Å²) in [6.07, 6.45) is 1.23. The minimum Gasteiger partial charge on any atom is -0.496 e. The van der Waals surface area contributed by atoms with Gasteiger partial charge < -0.3 is 10.1 Å². The summed E-state index contributed by atoms with van der Waals surface area (Å²) in [5, 5.41) is 11.1. The highest BCUT2D eigenvalue weighted by molar-refractivity contribution is 6.10. The Morgan fingerprint density at radius 1 is 1.38 bits per heavy atom. The third-order valence-corrected chi connectivity index (χ3v) is 4.22. The fourth-order valence-corrected chi connectivity index (χ4v) is 2.81. The monoisotopic (exact) mass is 358 g/mol. The first-order valence-electron chi connectivity index (χ1n) is 7.79. The van der Waals surface area contributed by atoms with Gasteiger partial charge in [0.1, 0.15) is 24.2 Å². The van der Waals surface area contributed by atoms with Gasteiger partial charge in [0.2, 0.25) is 11.9 Å². The lowest BCUT2D eigenvalue weighted by atomic mass is 9.90. The summed E-state index contributed by atoms with van der Waals surface area (Å²) >= 11 is 0. The van der Waals surface area contributed by atoms with Gasteiger partial charge in [-0.1, -0.05) is 6.07 Å². The quantitative estimate of drug-likeness (QED) is 0.669. The SMILES string of the molecule is COc1ccc(C2(C)NC(=O)N(CC(=O)Nc3ncn[nH]3)C2=O)cc1C. The molecule has 1 atom stereocenters. The molecule has 0 aliphatic carbocycles. The number of nitrogens with zero attached hydrogens (tertiary/aromatic N) is 3. The Balaban J connectivity index is 1.79. The molecular weight excluding hydrogens is 340 g/mol. The van der Waals surface area contributed by atoms with E-state index >= 15 is 0 Å². The van der Waals surface area contributed by atoms with Gasteiger partial charge in [0, 0.05) is 0 Å². The Bertz CT molecular complexity index is 866. The number of aromatic amines is 1. The van der Waals surface area contributed by atoms with Gasteiger partial charge in [-0.2, -0.15) is 10.1 Å². The van der Waals surface area contributed by atoms with Crippen molar-refractivity contribution in [3.8, 4) is 5.75 Å². The number of hydrogen-bond donors (Lipinski definition) is 3. The van der Waals surface area contributed by atoms with Crippen molar-refractivity contribution in [2.24, 2.45) is 0 Å². The highest BCUT2D eigenvalue weighted by atomic mass is 16.5. The highest BCUT2D eigenvalue weighted by Crippen LogP contribution is 2.31. The number of H-pyrrole nitrogens is 1. The molecule has 3 rings (SSSR count). The number of imide groups is 1. The lowest BCUT2D eigenvalue weighted by Gasteiger charge is -2.23. The van der Waals surface area contributed by atoms with Crippen molar-refractivity contribution in [1.29, 1.82) is 0 Å². The molecule has 2 aromatic rings. The molecule has 1 fully saturated rings. The van der Waals surface area contributed by atoms with Crippen molar-refractivity contribution < 1.29 is 19.1 Å². The first-order chi connectivity index (χ1) is 12.3. The van der Waals surface area contributed by atoms with E-state index in [4.69, 9.17) is 4.74 Å². The van der Waals surface area contributed by atoms with Crippen LogP contribution in [0.25, 0.3) is 0 Å². The molecule has 1 aromatic heterocycles. The summed E-state index contributed by atoms with van der Waals surface area (Å²) in [5.74, 6) is -0.270. The maximum Gasteiger partial charge on any atom is 0.325 e. The van der Waals surface area contributed by atoms with Crippen molar-refractivity contribution >= 4 is 23.8 Å². The standard InChI is InChI=1S/C16H18N6O4/c1-9-6-10(4-5-11(9)26-3)16(2)13(24)22(15(25)20-16)7-12(23)19-14-17-8-18-21-14/h4-6,8H,7H2,1-3H3,(H,20,25)(H2,17,18,19,21,23). The number of carbonyl (C=O) groups is 3. The van der Waals surface area contributed by atoms with E-state index in [9.17, 15) is 14.4 Å². The lowest BCUT2D eigenvalue weighted by molar-refractivity contribution is -0.133. The Kier molecular flexibility index (Phi) is 4.33. The molecule has 0 radical (unpaired) electrons. The Labute approximate surface area is 148 Å². The Morgan fingerprint density at radius 3 is 2.77 bits per heavy atom. The number of aromatic nitrogens is 3. The van der Waals surface area contributed by atoms with Crippen LogP contribution in [0.15, 0.2) is 24.5 Å². The minimum atomic E-state index is -1.26. The number of aryl methyl sites for hydroxylation is 1. The maximum absolute atomic E-state index is 12.8. The van der Waals surface area contributed by atoms with Crippen LogP contribution in [0.5, 0.6) is 5.75 Å². The molecule has 136 valence electrons. The zero-order valence-electron chi connectivity index (χ0n) is 14.5. The van der Waals surface area contributed by atoms with Crippen LogP contribution >= 0.6 is 0 Å². The van der Waals surface area contributed by atoms with Gasteiger partial charge in [0.25, 0.3) is 5.91 Å². The van der Waals surface area contributed by atoms with Crippen LogP contribution < -0.4 is 15.4 Å². The van der Waals surface area contributed by atoms with Crippen LogP contribution in [0.3, 0.4) is 0 Å². The molecule has 3 N–H and O–H groups in total. The Hall–Kier alpha value is -3.43. The summed E-state index contributed by atoms with van der Waals surface area (Å²) < 4.78 is 5.22. The number of ether oxygens (including phenoxy) is 1. The summed E-state index contributed by atoms with van der Waals surface area (Å²) in [4.78, 5) is 41.8. The molecule has 0 saturated carbocycles. The second-order valence-electron chi connectivity index (χ2n) is 6.01. The minimum absolute atomic E-state index is 0.135. The summed E-state index contributed by atoms with van der Waals surface area (Å²) in [6.45, 7) is 3.01. The van der Waals surface area contributed by atoms with Crippen molar-refractivity contribution in [2.75, 3.05) is 19.0 Å². The van der Waals surface area contributed by atoms with Gasteiger partial charge in [-0.15, -0.1) is 0 Å². The van der Waals surface area contributed by atoms with E-state index in [2.05, 4.69) is 25.8 Å². The van der Waals surface area contributed by atoms with E-state index < -0.39 is 29.9 Å². The van der Waals surface area contributed by atoms with Crippen LogP contribution in [0.1, 0.15) is 18.1 Å². The molecular formula is C16H18N6O4. The predicted octanol–water partition coefficient (Wildman–Crippen LogP) is 0.527. The van der Waals surface area contributed by atoms with Gasteiger partial charge in [-0.3, -0.25) is 19.8 Å². The van der Waals surface area contributed by atoms with Crippen molar-refractivity contribution in [3.05, 3.63) is 35.7 Å². The molecule has 10 heteroatoms. The molecule has 1 saturated heterocycles. The smallest absolute Gasteiger partial charge is 0.325 e.